The summed E-state index contributed by atoms with van der Waals surface area (Å²) in [6.45, 7) is -0.166. The molecule has 0 saturated heterocycles. The molecule has 0 fully saturated rings. The number of benzene rings is 1. The van der Waals surface area contributed by atoms with E-state index in [9.17, 15) is 18.0 Å². The summed E-state index contributed by atoms with van der Waals surface area (Å²) in [4.78, 5) is 11.1. The van der Waals surface area contributed by atoms with Crippen LogP contribution in [0.2, 0.25) is 5.15 Å². The summed E-state index contributed by atoms with van der Waals surface area (Å²) in [7, 11) is 1.32. The van der Waals surface area contributed by atoms with E-state index in [4.69, 9.17) is 21.4 Å². The SMILES string of the molecule is COCc1nn(-c2cc(F)c(F)c(F)c2)c(Cl)c1C(=O)O. The van der Waals surface area contributed by atoms with E-state index < -0.39 is 23.4 Å². The second kappa shape index (κ2) is 5.74. The van der Waals surface area contributed by atoms with Crippen LogP contribution in [0.15, 0.2) is 12.1 Å². The number of aromatic carboxylic acids is 1. The van der Waals surface area contributed by atoms with Crippen molar-refractivity contribution in [3.63, 3.8) is 0 Å². The van der Waals surface area contributed by atoms with Crippen LogP contribution in [-0.2, 0) is 11.3 Å². The number of carbonyl (C=O) groups is 1. The maximum atomic E-state index is 13.2. The lowest BCUT2D eigenvalue weighted by Gasteiger charge is -2.04. The average molecular weight is 321 g/mol. The molecule has 2 aromatic rings. The lowest BCUT2D eigenvalue weighted by Crippen LogP contribution is -2.02. The molecular formula is C12H8ClF3N2O3. The number of carboxylic acids is 1. The third kappa shape index (κ3) is 2.72. The minimum absolute atomic E-state index is 0.0276. The summed E-state index contributed by atoms with van der Waals surface area (Å²) in [5.74, 6) is -5.90. The van der Waals surface area contributed by atoms with Crippen molar-refractivity contribution in [3.8, 4) is 5.69 Å². The lowest BCUT2D eigenvalue weighted by atomic mass is 10.2. The van der Waals surface area contributed by atoms with E-state index >= 15 is 0 Å². The molecule has 5 nitrogen and oxygen atoms in total. The molecule has 0 bridgehead atoms. The molecular weight excluding hydrogens is 313 g/mol. The van der Waals surface area contributed by atoms with Crippen molar-refractivity contribution in [2.24, 2.45) is 0 Å². The summed E-state index contributed by atoms with van der Waals surface area (Å²) in [6.07, 6.45) is 0. The van der Waals surface area contributed by atoms with E-state index in [1.165, 1.54) is 7.11 Å². The molecule has 9 heteroatoms. The monoisotopic (exact) mass is 320 g/mol. The Labute approximate surface area is 121 Å². The summed E-state index contributed by atoms with van der Waals surface area (Å²) in [5, 5.41) is 12.5. The normalized spacial score (nSPS) is 10.9. The molecule has 2 rings (SSSR count). The van der Waals surface area contributed by atoms with Crippen LogP contribution < -0.4 is 0 Å². The van der Waals surface area contributed by atoms with Gasteiger partial charge in [0.1, 0.15) is 16.4 Å². The van der Waals surface area contributed by atoms with Gasteiger partial charge in [-0.2, -0.15) is 5.10 Å². The van der Waals surface area contributed by atoms with E-state index in [2.05, 4.69) is 5.10 Å². The smallest absolute Gasteiger partial charge is 0.340 e. The van der Waals surface area contributed by atoms with Gasteiger partial charge < -0.3 is 9.84 Å². The number of rotatable bonds is 4. The highest BCUT2D eigenvalue weighted by molar-refractivity contribution is 6.32. The van der Waals surface area contributed by atoms with Crippen LogP contribution in [0.25, 0.3) is 5.69 Å². The molecule has 0 amide bonds. The topological polar surface area (TPSA) is 64.4 Å². The molecule has 0 aliphatic heterocycles. The van der Waals surface area contributed by atoms with E-state index in [-0.39, 0.29) is 28.7 Å². The van der Waals surface area contributed by atoms with Crippen LogP contribution >= 0.6 is 11.6 Å². The second-order valence-electron chi connectivity index (χ2n) is 3.99. The first-order valence-electron chi connectivity index (χ1n) is 5.51. The number of carboxylic acid groups (broad SMARTS) is 1. The Morgan fingerprint density at radius 3 is 2.43 bits per heavy atom. The van der Waals surface area contributed by atoms with Crippen LogP contribution in [0.3, 0.4) is 0 Å². The predicted molar refractivity (Wildman–Crippen MR) is 66.1 cm³/mol. The fraction of sp³-hybridized carbons (Fsp3) is 0.167. The van der Waals surface area contributed by atoms with Gasteiger partial charge >= 0.3 is 5.97 Å². The quantitative estimate of drug-likeness (QED) is 0.880. The predicted octanol–water partition coefficient (Wildman–Crippen LogP) is 2.79. The van der Waals surface area contributed by atoms with Gasteiger partial charge in [-0.3, -0.25) is 0 Å². The maximum Gasteiger partial charge on any atom is 0.340 e. The van der Waals surface area contributed by atoms with Crippen molar-refractivity contribution >= 4 is 17.6 Å². The molecule has 0 radical (unpaired) electrons. The molecule has 1 N–H and O–H groups in total. The number of hydrogen-bond acceptors (Lipinski definition) is 3. The number of aromatic nitrogens is 2. The summed E-state index contributed by atoms with van der Waals surface area (Å²) < 4.78 is 45.0. The fourth-order valence-corrected chi connectivity index (χ4v) is 2.05. The van der Waals surface area contributed by atoms with E-state index in [1.807, 2.05) is 0 Å². The first kappa shape index (κ1) is 15.3. The largest absolute Gasteiger partial charge is 0.478 e. The first-order chi connectivity index (χ1) is 9.86. The molecule has 0 unspecified atom stereocenters. The fourth-order valence-electron chi connectivity index (χ4n) is 1.72. The third-order valence-electron chi connectivity index (χ3n) is 2.61. The maximum absolute atomic E-state index is 13.2. The zero-order chi connectivity index (χ0) is 15.7. The number of methoxy groups -OCH3 is 1. The van der Waals surface area contributed by atoms with Crippen LogP contribution in [0.4, 0.5) is 13.2 Å². The average Bonchev–Trinajstić information content (AvgIpc) is 2.73. The highest BCUT2D eigenvalue weighted by Crippen LogP contribution is 2.26. The van der Waals surface area contributed by atoms with Gasteiger partial charge in [0.2, 0.25) is 0 Å². The number of hydrogen-bond donors (Lipinski definition) is 1. The Balaban J connectivity index is 2.65. The number of nitrogens with zero attached hydrogens (tertiary/aromatic N) is 2. The van der Waals surface area contributed by atoms with Gasteiger partial charge in [-0.1, -0.05) is 11.6 Å². The summed E-state index contributed by atoms with van der Waals surface area (Å²) >= 11 is 5.86. The molecule has 0 saturated carbocycles. The van der Waals surface area contributed by atoms with Gasteiger partial charge in [0.15, 0.2) is 17.5 Å². The van der Waals surface area contributed by atoms with Gasteiger partial charge in [0.05, 0.1) is 12.3 Å². The molecule has 1 aromatic carbocycles. The molecule has 1 aromatic heterocycles. The summed E-state index contributed by atoms with van der Waals surface area (Å²) in [6, 6.07) is 1.30. The van der Waals surface area contributed by atoms with E-state index in [1.54, 1.807) is 0 Å². The highest BCUT2D eigenvalue weighted by atomic mass is 35.5. The van der Waals surface area contributed by atoms with Crippen molar-refractivity contribution in [2.75, 3.05) is 7.11 Å². The van der Waals surface area contributed by atoms with Crippen LogP contribution in [-0.4, -0.2) is 28.0 Å². The van der Waals surface area contributed by atoms with Crippen molar-refractivity contribution in [1.29, 1.82) is 0 Å². The molecule has 112 valence electrons. The minimum atomic E-state index is -1.64. The van der Waals surface area contributed by atoms with Gasteiger partial charge in [-0.15, -0.1) is 0 Å². The van der Waals surface area contributed by atoms with Crippen LogP contribution in [0.5, 0.6) is 0 Å². The van der Waals surface area contributed by atoms with Crippen LogP contribution in [0.1, 0.15) is 16.1 Å². The Morgan fingerprint density at radius 2 is 1.95 bits per heavy atom. The number of halogens is 4. The van der Waals surface area contributed by atoms with Gasteiger partial charge in [0.25, 0.3) is 0 Å². The highest BCUT2D eigenvalue weighted by Gasteiger charge is 2.24. The van der Waals surface area contributed by atoms with Gasteiger partial charge in [-0.05, 0) is 0 Å². The first-order valence-corrected chi connectivity index (χ1v) is 5.89. The Hall–Kier alpha value is -2.06. The Kier molecular flexibility index (Phi) is 4.19. The van der Waals surface area contributed by atoms with Gasteiger partial charge in [0, 0.05) is 19.2 Å². The lowest BCUT2D eigenvalue weighted by molar-refractivity contribution is 0.0692. The van der Waals surface area contributed by atoms with Crippen molar-refractivity contribution < 1.29 is 27.8 Å². The third-order valence-corrected chi connectivity index (χ3v) is 2.96. The standard InChI is InChI=1S/C12H8ClF3N2O3/c1-21-4-8-9(12(19)20)11(13)18(17-8)5-2-6(14)10(16)7(15)3-5/h2-3H,4H2,1H3,(H,19,20). The van der Waals surface area contributed by atoms with Crippen molar-refractivity contribution in [3.05, 3.63) is 46.0 Å². The Bertz CT molecular complexity index is 695. The zero-order valence-corrected chi connectivity index (χ0v) is 11.3. The van der Waals surface area contributed by atoms with Crippen LogP contribution in [0, 0.1) is 17.5 Å². The summed E-state index contributed by atoms with van der Waals surface area (Å²) in [5.41, 5.74) is -0.634. The molecule has 0 atom stereocenters. The molecule has 0 spiro atoms. The molecule has 21 heavy (non-hydrogen) atoms. The molecule has 1 heterocycles. The molecule has 0 aliphatic carbocycles. The second-order valence-corrected chi connectivity index (χ2v) is 4.34. The van der Waals surface area contributed by atoms with Crippen molar-refractivity contribution in [2.45, 2.75) is 6.61 Å². The number of ether oxygens (including phenoxy) is 1. The minimum Gasteiger partial charge on any atom is -0.478 e. The van der Waals surface area contributed by atoms with E-state index in [0.717, 1.165) is 4.68 Å². The molecule has 0 aliphatic rings. The van der Waals surface area contributed by atoms with E-state index in [0.29, 0.717) is 12.1 Å². The van der Waals surface area contributed by atoms with Crippen molar-refractivity contribution in [1.82, 2.24) is 9.78 Å². The van der Waals surface area contributed by atoms with Gasteiger partial charge in [-0.25, -0.2) is 22.6 Å². The zero-order valence-electron chi connectivity index (χ0n) is 10.5. The Morgan fingerprint density at radius 1 is 1.38 bits per heavy atom.